The Kier molecular flexibility index (Phi) is 6.25. The Bertz CT molecular complexity index is 976. The van der Waals surface area contributed by atoms with Gasteiger partial charge in [-0.05, 0) is 36.6 Å². The van der Waals surface area contributed by atoms with E-state index in [1.54, 1.807) is 0 Å². The zero-order chi connectivity index (χ0) is 21.9. The van der Waals surface area contributed by atoms with Crippen molar-refractivity contribution in [3.63, 3.8) is 0 Å². The first-order valence-electron chi connectivity index (χ1n) is 9.80. The highest BCUT2D eigenvalue weighted by molar-refractivity contribution is 5.94. The van der Waals surface area contributed by atoms with Crippen LogP contribution in [-0.4, -0.2) is 47.2 Å². The van der Waals surface area contributed by atoms with Crippen LogP contribution in [0.4, 0.5) is 19.0 Å². The van der Waals surface area contributed by atoms with Crippen LogP contribution in [0.5, 0.6) is 0 Å². The molecule has 2 aromatic rings. The van der Waals surface area contributed by atoms with Gasteiger partial charge in [0, 0.05) is 31.7 Å². The molecule has 6 nitrogen and oxygen atoms in total. The van der Waals surface area contributed by atoms with Gasteiger partial charge >= 0.3 is 6.18 Å². The molecule has 1 aliphatic heterocycles. The van der Waals surface area contributed by atoms with Crippen LogP contribution in [0.1, 0.15) is 46.6 Å². The van der Waals surface area contributed by atoms with Crippen LogP contribution < -0.4 is 4.90 Å². The number of aromatic nitrogens is 2. The van der Waals surface area contributed by atoms with Crippen molar-refractivity contribution in [3.05, 3.63) is 52.2 Å². The van der Waals surface area contributed by atoms with Gasteiger partial charge < -0.3 is 9.80 Å². The van der Waals surface area contributed by atoms with Crippen molar-refractivity contribution in [2.75, 3.05) is 31.1 Å². The minimum Gasteiger partial charge on any atom is -0.350 e. The molecule has 1 aromatic heterocycles. The third kappa shape index (κ3) is 4.22. The molecule has 2 heterocycles. The van der Waals surface area contributed by atoms with E-state index in [9.17, 15) is 23.2 Å². The Labute approximate surface area is 172 Å². The number of rotatable bonds is 4. The number of piperazine rings is 1. The van der Waals surface area contributed by atoms with Gasteiger partial charge in [0.05, 0.1) is 11.3 Å². The second-order valence-electron chi connectivity index (χ2n) is 7.00. The summed E-state index contributed by atoms with van der Waals surface area (Å²) >= 11 is 0. The highest BCUT2D eigenvalue weighted by Crippen LogP contribution is 2.30. The fraction of sp³-hybridized carbons (Fsp3) is 0.429. The standard InChI is InChI=1S/C21H22F3N5O/c1-3-16-17(13-25)19(27-26-18(16)4-2)28-8-10-29(11-9-28)20(30)14-6-5-7-15(12-14)21(22,23)24/h5-7,12H,3-4,8-11H2,1-2H3. The number of hydrogen-bond donors (Lipinski definition) is 0. The van der Waals surface area contributed by atoms with Crippen LogP contribution in [0.15, 0.2) is 24.3 Å². The summed E-state index contributed by atoms with van der Waals surface area (Å²) in [7, 11) is 0. The van der Waals surface area contributed by atoms with Crippen LogP contribution >= 0.6 is 0 Å². The van der Waals surface area contributed by atoms with Crippen molar-refractivity contribution in [1.82, 2.24) is 15.1 Å². The largest absolute Gasteiger partial charge is 0.416 e. The molecule has 9 heteroatoms. The maximum absolute atomic E-state index is 12.9. The zero-order valence-electron chi connectivity index (χ0n) is 16.8. The number of nitriles is 1. The smallest absolute Gasteiger partial charge is 0.350 e. The summed E-state index contributed by atoms with van der Waals surface area (Å²) in [6.45, 7) is 5.40. The molecule has 1 saturated heterocycles. The molecule has 1 aliphatic rings. The molecule has 0 N–H and O–H groups in total. The summed E-state index contributed by atoms with van der Waals surface area (Å²) in [5.41, 5.74) is 1.35. The Balaban J connectivity index is 1.76. The van der Waals surface area contributed by atoms with Gasteiger partial charge in [0.2, 0.25) is 0 Å². The van der Waals surface area contributed by atoms with Gasteiger partial charge in [-0.3, -0.25) is 4.79 Å². The van der Waals surface area contributed by atoms with E-state index in [0.717, 1.165) is 23.4 Å². The third-order valence-electron chi connectivity index (χ3n) is 5.24. The van der Waals surface area contributed by atoms with Gasteiger partial charge in [-0.25, -0.2) is 0 Å². The predicted octanol–water partition coefficient (Wildman–Crippen LogP) is 3.45. The van der Waals surface area contributed by atoms with Gasteiger partial charge in [-0.2, -0.15) is 23.5 Å². The number of hydrogen-bond acceptors (Lipinski definition) is 5. The molecular formula is C21H22F3N5O. The molecule has 0 unspecified atom stereocenters. The summed E-state index contributed by atoms with van der Waals surface area (Å²) < 4.78 is 38.8. The van der Waals surface area contributed by atoms with Crippen LogP contribution in [0.2, 0.25) is 0 Å². The molecule has 0 radical (unpaired) electrons. The summed E-state index contributed by atoms with van der Waals surface area (Å²) in [5.74, 6) is 0.0561. The quantitative estimate of drug-likeness (QED) is 0.762. The molecule has 0 spiro atoms. The number of carbonyl (C=O) groups is 1. The number of benzene rings is 1. The summed E-state index contributed by atoms with van der Waals surface area (Å²) in [6.07, 6.45) is -3.14. The first-order chi connectivity index (χ1) is 14.3. The van der Waals surface area contributed by atoms with Crippen LogP contribution in [0, 0.1) is 11.3 Å². The Morgan fingerprint density at radius 3 is 2.40 bits per heavy atom. The van der Waals surface area contributed by atoms with E-state index < -0.39 is 17.6 Å². The molecular weight excluding hydrogens is 395 g/mol. The molecule has 3 rings (SSSR count). The SMILES string of the molecule is CCc1nnc(N2CCN(C(=O)c3cccc(C(F)(F)F)c3)CC2)c(C#N)c1CC. The van der Waals surface area contributed by atoms with Crippen molar-refractivity contribution >= 4 is 11.7 Å². The molecule has 1 amide bonds. The minimum atomic E-state index is -4.50. The van der Waals surface area contributed by atoms with Gasteiger partial charge in [0.1, 0.15) is 11.6 Å². The average molecular weight is 417 g/mol. The second-order valence-corrected chi connectivity index (χ2v) is 7.00. The van der Waals surface area contributed by atoms with E-state index in [-0.39, 0.29) is 5.56 Å². The van der Waals surface area contributed by atoms with E-state index in [2.05, 4.69) is 16.3 Å². The molecule has 1 fully saturated rings. The highest BCUT2D eigenvalue weighted by atomic mass is 19.4. The first-order valence-corrected chi connectivity index (χ1v) is 9.80. The molecule has 0 bridgehead atoms. The van der Waals surface area contributed by atoms with E-state index in [0.29, 0.717) is 50.4 Å². The third-order valence-corrected chi connectivity index (χ3v) is 5.24. The summed E-state index contributed by atoms with van der Waals surface area (Å²) in [4.78, 5) is 16.1. The number of nitrogens with zero attached hydrogens (tertiary/aromatic N) is 5. The van der Waals surface area contributed by atoms with Gasteiger partial charge in [0.25, 0.3) is 5.91 Å². The van der Waals surface area contributed by atoms with Crippen molar-refractivity contribution in [3.8, 4) is 6.07 Å². The second kappa shape index (κ2) is 8.69. The molecule has 30 heavy (non-hydrogen) atoms. The van der Waals surface area contributed by atoms with Crippen molar-refractivity contribution in [2.45, 2.75) is 32.9 Å². The first kappa shape index (κ1) is 21.6. The number of aryl methyl sites for hydroxylation is 1. The molecule has 0 atom stereocenters. The lowest BCUT2D eigenvalue weighted by Crippen LogP contribution is -2.49. The highest BCUT2D eigenvalue weighted by Gasteiger charge is 2.32. The van der Waals surface area contributed by atoms with Crippen molar-refractivity contribution in [2.24, 2.45) is 0 Å². The number of halogens is 3. The lowest BCUT2D eigenvalue weighted by molar-refractivity contribution is -0.137. The Morgan fingerprint density at radius 2 is 1.83 bits per heavy atom. The minimum absolute atomic E-state index is 0.0105. The van der Waals surface area contributed by atoms with E-state index in [1.807, 2.05) is 18.7 Å². The van der Waals surface area contributed by atoms with E-state index >= 15 is 0 Å². The number of carbonyl (C=O) groups excluding carboxylic acids is 1. The van der Waals surface area contributed by atoms with E-state index in [1.165, 1.54) is 17.0 Å². The Morgan fingerprint density at radius 1 is 1.13 bits per heavy atom. The van der Waals surface area contributed by atoms with Crippen molar-refractivity contribution < 1.29 is 18.0 Å². The molecule has 158 valence electrons. The topological polar surface area (TPSA) is 73.1 Å². The summed E-state index contributed by atoms with van der Waals surface area (Å²) in [5, 5.41) is 18.2. The fourth-order valence-corrected chi connectivity index (χ4v) is 3.63. The monoisotopic (exact) mass is 417 g/mol. The molecule has 0 saturated carbocycles. The average Bonchev–Trinajstić information content (AvgIpc) is 2.77. The van der Waals surface area contributed by atoms with Gasteiger partial charge in [-0.1, -0.05) is 19.9 Å². The molecule has 0 aliphatic carbocycles. The molecule has 1 aromatic carbocycles. The van der Waals surface area contributed by atoms with Crippen LogP contribution in [-0.2, 0) is 19.0 Å². The number of alkyl halides is 3. The fourth-order valence-electron chi connectivity index (χ4n) is 3.63. The maximum Gasteiger partial charge on any atom is 0.416 e. The number of anilines is 1. The van der Waals surface area contributed by atoms with Crippen LogP contribution in [0.3, 0.4) is 0 Å². The predicted molar refractivity (Wildman–Crippen MR) is 105 cm³/mol. The lowest BCUT2D eigenvalue weighted by Gasteiger charge is -2.35. The van der Waals surface area contributed by atoms with Crippen molar-refractivity contribution in [1.29, 1.82) is 5.26 Å². The van der Waals surface area contributed by atoms with Gasteiger partial charge in [0.15, 0.2) is 5.82 Å². The zero-order valence-corrected chi connectivity index (χ0v) is 16.8. The number of amides is 1. The normalized spacial score (nSPS) is 14.5. The lowest BCUT2D eigenvalue weighted by atomic mass is 10.0. The van der Waals surface area contributed by atoms with E-state index in [4.69, 9.17) is 0 Å². The summed E-state index contributed by atoms with van der Waals surface area (Å²) in [6, 6.07) is 6.69. The van der Waals surface area contributed by atoms with Crippen LogP contribution in [0.25, 0.3) is 0 Å². The maximum atomic E-state index is 12.9. The Hall–Kier alpha value is -3.15. The van der Waals surface area contributed by atoms with Gasteiger partial charge in [-0.15, -0.1) is 5.10 Å².